The van der Waals surface area contributed by atoms with Crippen LogP contribution in [-0.2, 0) is 95.4 Å². The van der Waals surface area contributed by atoms with Crippen molar-refractivity contribution in [3.63, 3.8) is 0 Å². The molecule has 1 fully saturated rings. The summed E-state index contributed by atoms with van der Waals surface area (Å²) in [4.78, 5) is 41.0. The first kappa shape index (κ1) is 69.7. The van der Waals surface area contributed by atoms with Gasteiger partial charge in [0.1, 0.15) is 26.5 Å². The highest BCUT2D eigenvalue weighted by molar-refractivity contribution is 7.87. The molecule has 0 radical (unpaired) electrons. The van der Waals surface area contributed by atoms with E-state index < -0.39 is 120 Å². The summed E-state index contributed by atoms with van der Waals surface area (Å²) in [5.74, 6) is 2.26. The topological polar surface area (TPSA) is 417 Å². The number of imide groups is 1. The second-order valence-electron chi connectivity index (χ2n) is 22.2. The smallest absolute Gasteiger partial charge is 0.363 e. The Morgan fingerprint density at radius 1 is 0.681 bits per heavy atom. The number of methoxy groups -OCH3 is 2. The number of amides is 2. The van der Waals surface area contributed by atoms with E-state index in [1.54, 1.807) is 49.3 Å². The van der Waals surface area contributed by atoms with Crippen molar-refractivity contribution in [1.29, 1.82) is 0 Å². The van der Waals surface area contributed by atoms with Crippen molar-refractivity contribution in [3.8, 4) is 11.8 Å². The zero-order chi connectivity index (χ0) is 67.4. The van der Waals surface area contributed by atoms with Gasteiger partial charge in [-0.1, -0.05) is 17.9 Å². The first-order chi connectivity index (χ1) is 42.1. The number of hydroxylamine groups is 2. The Hall–Kier alpha value is -7.14. The molecule has 0 saturated carbocycles. The van der Waals surface area contributed by atoms with E-state index in [2.05, 4.69) is 11.8 Å². The first-order valence-corrected chi connectivity index (χ1v) is 36.3. The lowest BCUT2D eigenvalue weighted by Gasteiger charge is -2.30. The van der Waals surface area contributed by atoms with Crippen LogP contribution in [0.25, 0.3) is 21.5 Å². The Morgan fingerprint density at radius 3 is 1.75 bits per heavy atom. The molecule has 33 heteroatoms. The van der Waals surface area contributed by atoms with E-state index >= 15 is 0 Å². The molecule has 91 heavy (non-hydrogen) atoms. The predicted molar refractivity (Wildman–Crippen MR) is 327 cm³/mol. The fourth-order valence-electron chi connectivity index (χ4n) is 11.8. The summed E-state index contributed by atoms with van der Waals surface area (Å²) in [7, 11) is -27.6. The van der Waals surface area contributed by atoms with Gasteiger partial charge in [0.05, 0.1) is 32.3 Å². The van der Waals surface area contributed by atoms with Gasteiger partial charge in [-0.2, -0.15) is 46.7 Å². The molecule has 8 rings (SSSR count). The van der Waals surface area contributed by atoms with Gasteiger partial charge in [-0.05, 0) is 141 Å². The van der Waals surface area contributed by atoms with Gasteiger partial charge in [-0.3, -0.25) is 32.4 Å². The fourth-order valence-corrected chi connectivity index (χ4v) is 15.5. The highest BCUT2D eigenvalue weighted by Crippen LogP contribution is 2.54. The van der Waals surface area contributed by atoms with Crippen molar-refractivity contribution in [2.45, 2.75) is 96.6 Å². The summed E-state index contributed by atoms with van der Waals surface area (Å²) >= 11 is 0. The molecule has 1 saturated heterocycles. The van der Waals surface area contributed by atoms with Crippen molar-refractivity contribution < 1.29 is 111 Å². The maximum absolute atomic E-state index is 13.4. The summed E-state index contributed by atoms with van der Waals surface area (Å²) in [6.45, 7) is 6.01. The molecular formula is C58H61N3O24S6. The predicted octanol–water partition coefficient (Wildman–Crippen LogP) is 5.66. The van der Waals surface area contributed by atoms with Gasteiger partial charge < -0.3 is 23.8 Å². The zero-order valence-corrected chi connectivity index (χ0v) is 54.3. The number of ether oxygens (including phenoxy) is 2. The Morgan fingerprint density at radius 2 is 1.21 bits per heavy atom. The minimum Gasteiger partial charge on any atom is -0.744 e. The lowest BCUT2D eigenvalue weighted by atomic mass is 9.74. The van der Waals surface area contributed by atoms with E-state index in [1.165, 1.54) is 62.8 Å². The summed E-state index contributed by atoms with van der Waals surface area (Å²) in [5, 5.41) is -0.248. The molecule has 5 aromatic rings. The molecule has 2 amide bonds. The van der Waals surface area contributed by atoms with Gasteiger partial charge in [-0.15, -0.1) is 5.06 Å². The van der Waals surface area contributed by atoms with Crippen LogP contribution in [0.1, 0.15) is 90.5 Å². The molecule has 488 valence electrons. The van der Waals surface area contributed by atoms with Gasteiger partial charge in [0.15, 0.2) is 5.71 Å². The summed E-state index contributed by atoms with van der Waals surface area (Å²) in [5.41, 5.74) is -0.314. The molecule has 3 heterocycles. The Labute approximate surface area is 525 Å². The molecule has 3 aliphatic heterocycles. The molecular weight excluding hydrogens is 1320 g/mol. The van der Waals surface area contributed by atoms with E-state index in [1.807, 2.05) is 0 Å². The SMILES string of the molecule is COCCC1(C)C(/C=C/C(C#Cc2c(C)cc(C(=O)ON3C(=O)CCC3=O)cc2C)=C/C=C2/N(CCCS(=O)(=O)O)c3ccc4c(S(=O)(=O)O)cc(S(=O)(=O)[O-])cc4c3C2(C)CCOC)=[N+](CCCS(=O)(=O)O)c2ccc3c(S(=O)(=O)O)cc(S(=O)(=O)O)cc3c21. The van der Waals surface area contributed by atoms with Crippen LogP contribution in [-0.4, -0.2) is 163 Å². The van der Waals surface area contributed by atoms with Gasteiger partial charge >= 0.3 is 5.97 Å². The van der Waals surface area contributed by atoms with Crippen LogP contribution < -0.4 is 4.90 Å². The number of hydrogen-bond acceptors (Lipinski definition) is 20. The van der Waals surface area contributed by atoms with Crippen molar-refractivity contribution in [3.05, 3.63) is 130 Å². The fraction of sp³-hybridized carbons (Fsp3) is 0.345. The summed E-state index contributed by atoms with van der Waals surface area (Å²) in [6, 6.07) is 11.2. The number of carbonyl (C=O) groups is 3. The number of carbonyl (C=O) groups excluding carboxylic acids is 3. The minimum atomic E-state index is -5.44. The van der Waals surface area contributed by atoms with Gasteiger partial charge in [0.2, 0.25) is 5.69 Å². The van der Waals surface area contributed by atoms with Crippen molar-refractivity contribution in [2.24, 2.45) is 0 Å². The third kappa shape index (κ3) is 14.9. The quantitative estimate of drug-likeness (QED) is 0.0173. The highest BCUT2D eigenvalue weighted by Gasteiger charge is 2.50. The summed E-state index contributed by atoms with van der Waals surface area (Å²) < 4.78 is 229. The van der Waals surface area contributed by atoms with Crippen LogP contribution >= 0.6 is 0 Å². The molecule has 5 N–H and O–H groups in total. The molecule has 27 nitrogen and oxygen atoms in total. The zero-order valence-electron chi connectivity index (χ0n) is 49.4. The van der Waals surface area contributed by atoms with Crippen LogP contribution in [0.3, 0.4) is 0 Å². The Bertz CT molecular complexity index is 4820. The van der Waals surface area contributed by atoms with Gasteiger partial charge in [0.25, 0.3) is 62.4 Å². The van der Waals surface area contributed by atoms with E-state index in [0.29, 0.717) is 33.9 Å². The largest absolute Gasteiger partial charge is 0.744 e. The number of hydrogen-bond donors (Lipinski definition) is 5. The molecule has 5 aromatic carbocycles. The van der Waals surface area contributed by atoms with Gasteiger partial charge in [0, 0.05) is 110 Å². The Kier molecular flexibility index (Phi) is 19.7. The third-order valence-electron chi connectivity index (χ3n) is 15.9. The van der Waals surface area contributed by atoms with Crippen molar-refractivity contribution in [1.82, 2.24) is 5.06 Å². The maximum atomic E-state index is 13.4. The number of benzene rings is 5. The third-order valence-corrected chi connectivity index (χ3v) is 21.0. The molecule has 0 bridgehead atoms. The minimum absolute atomic E-state index is 0.000666. The van der Waals surface area contributed by atoms with E-state index in [9.17, 15) is 92.2 Å². The average molecular weight is 1380 g/mol. The second-order valence-corrected chi connectivity index (χ2v) is 30.9. The molecule has 0 spiro atoms. The normalized spacial score (nSPS) is 18.9. The monoisotopic (exact) mass is 1380 g/mol. The molecule has 0 aromatic heterocycles. The number of rotatable bonds is 23. The van der Waals surface area contributed by atoms with Crippen LogP contribution in [0.2, 0.25) is 0 Å². The van der Waals surface area contributed by atoms with Crippen molar-refractivity contribution >= 4 is 117 Å². The van der Waals surface area contributed by atoms with E-state index in [4.69, 9.17) is 14.3 Å². The molecule has 2 unspecified atom stereocenters. The standard InChI is InChI=1S/C58H61N3O24S6/c1-35-29-38(56(64)85-61-52(62)19-20-53(61)63)30-36(2)41(35)12-9-37(10-17-50-57(3,21-25-83-5)54-44-31-39(88(71,72)73)33-48(90(77,78)79)42(44)13-15-46(54)59(50)23-7-27-86(65,66)67)11-18-51-58(4,22-26-84-6)55-45-32-40(89(74,75)76)34-49(91(80,81)82)43(45)14-16-47(55)60(51)24-8-28-87(68,69)70/h10-11,13-18,29-34H,7-8,19-28H2,1-6H3,(H5-,65,66,67,68,69,70,71,72,73,74,75,76,77,78,79,80,81,82). The number of allylic oxidation sites excluding steroid dienone is 6. The molecule has 3 aliphatic rings. The van der Waals surface area contributed by atoms with E-state index in [0.717, 1.165) is 12.1 Å². The second kappa shape index (κ2) is 25.7. The van der Waals surface area contributed by atoms with Crippen molar-refractivity contribution in [2.75, 3.05) is 56.9 Å². The number of nitrogens with zero attached hydrogens (tertiary/aromatic N) is 3. The number of aryl methyl sites for hydroxylation is 2. The highest BCUT2D eigenvalue weighted by atomic mass is 32.2. The lowest BCUT2D eigenvalue weighted by molar-refractivity contribution is -0.437. The van der Waals surface area contributed by atoms with Crippen LogP contribution in [0.4, 0.5) is 11.4 Å². The van der Waals surface area contributed by atoms with Crippen LogP contribution in [0.5, 0.6) is 0 Å². The van der Waals surface area contributed by atoms with Crippen LogP contribution in [0.15, 0.2) is 116 Å². The van der Waals surface area contributed by atoms with Gasteiger partial charge in [-0.25, -0.2) is 13.2 Å². The van der Waals surface area contributed by atoms with Crippen LogP contribution in [0, 0.1) is 25.7 Å². The number of anilines is 1. The molecule has 0 aliphatic carbocycles. The molecule has 2 atom stereocenters. The number of fused-ring (bicyclic) bond motifs is 6. The lowest BCUT2D eigenvalue weighted by Crippen LogP contribution is -2.33. The van der Waals surface area contributed by atoms with E-state index in [-0.39, 0.29) is 131 Å². The summed E-state index contributed by atoms with van der Waals surface area (Å²) in [6.07, 6.45) is 5.24. The maximum Gasteiger partial charge on any atom is 0.363 e. The average Bonchev–Trinajstić information content (AvgIpc) is 1.60. The Balaban J connectivity index is 1.44. The first-order valence-electron chi connectivity index (χ1n) is 27.4.